The first-order valence-electron chi connectivity index (χ1n) is 4.96. The normalized spacial score (nSPS) is 18.7. The van der Waals surface area contributed by atoms with Crippen LogP contribution in [0.25, 0.3) is 5.65 Å². The van der Waals surface area contributed by atoms with E-state index in [-0.39, 0.29) is 0 Å². The molecule has 0 aliphatic heterocycles. The van der Waals surface area contributed by atoms with Crippen molar-refractivity contribution in [1.82, 2.24) is 14.6 Å². The van der Waals surface area contributed by atoms with Crippen LogP contribution in [0.5, 0.6) is 0 Å². The number of pyridine rings is 1. The van der Waals surface area contributed by atoms with E-state index in [9.17, 15) is 0 Å². The molecule has 0 spiro atoms. The summed E-state index contributed by atoms with van der Waals surface area (Å²) in [5, 5.41) is 8.00. The highest BCUT2D eigenvalue weighted by Crippen LogP contribution is 2.35. The van der Waals surface area contributed by atoms with Gasteiger partial charge in [0.1, 0.15) is 6.33 Å². The average Bonchev–Trinajstić information content (AvgIpc) is 2.64. The lowest BCUT2D eigenvalue weighted by molar-refractivity contribution is 0.390. The molecule has 2 aromatic rings. The summed E-state index contributed by atoms with van der Waals surface area (Å²) >= 11 is 0. The van der Waals surface area contributed by atoms with Crippen LogP contribution in [0, 0.1) is 5.41 Å². The predicted octanol–water partition coefficient (Wildman–Crippen LogP) is 1.85. The van der Waals surface area contributed by atoms with Gasteiger partial charge in [0.15, 0.2) is 5.65 Å². The first kappa shape index (κ1) is 7.97. The summed E-state index contributed by atoms with van der Waals surface area (Å²) in [6, 6.07) is 4.24. The van der Waals surface area contributed by atoms with Gasteiger partial charge in [0.2, 0.25) is 0 Å². The van der Waals surface area contributed by atoms with Crippen LogP contribution in [0.3, 0.4) is 0 Å². The molecule has 0 radical (unpaired) electrons. The van der Waals surface area contributed by atoms with Gasteiger partial charge < -0.3 is 0 Å². The lowest BCUT2D eigenvalue weighted by Crippen LogP contribution is -2.10. The first-order valence-corrected chi connectivity index (χ1v) is 4.96. The third kappa shape index (κ3) is 0.983. The second-order valence-electron chi connectivity index (χ2n) is 4.88. The Morgan fingerprint density at radius 1 is 1.29 bits per heavy atom. The minimum absolute atomic E-state index is 0.390. The van der Waals surface area contributed by atoms with Crippen LogP contribution in [0.15, 0.2) is 18.5 Å². The Balaban J connectivity index is 2.29. The van der Waals surface area contributed by atoms with Gasteiger partial charge in [-0.1, -0.05) is 19.9 Å². The van der Waals surface area contributed by atoms with E-state index in [1.54, 1.807) is 0 Å². The van der Waals surface area contributed by atoms with Crippen LogP contribution in [-0.4, -0.2) is 14.6 Å². The fourth-order valence-corrected chi connectivity index (χ4v) is 2.38. The van der Waals surface area contributed by atoms with Gasteiger partial charge in [-0.05, 0) is 29.9 Å². The molecule has 14 heavy (non-hydrogen) atoms. The molecule has 2 aromatic heterocycles. The molecule has 1 aliphatic carbocycles. The zero-order valence-corrected chi connectivity index (χ0v) is 8.49. The summed E-state index contributed by atoms with van der Waals surface area (Å²) in [4.78, 5) is 0. The van der Waals surface area contributed by atoms with Gasteiger partial charge in [-0.25, -0.2) is 0 Å². The average molecular weight is 187 g/mol. The Morgan fingerprint density at radius 2 is 2.14 bits per heavy atom. The van der Waals surface area contributed by atoms with Crippen LogP contribution in [-0.2, 0) is 12.8 Å². The van der Waals surface area contributed by atoms with Crippen molar-refractivity contribution in [3.8, 4) is 0 Å². The van der Waals surface area contributed by atoms with Crippen molar-refractivity contribution in [1.29, 1.82) is 0 Å². The Hall–Kier alpha value is -1.38. The summed E-state index contributed by atoms with van der Waals surface area (Å²) < 4.78 is 2.12. The quantitative estimate of drug-likeness (QED) is 0.630. The largest absolute Gasteiger partial charge is 0.286 e. The van der Waals surface area contributed by atoms with Crippen LogP contribution >= 0.6 is 0 Å². The molecular weight excluding hydrogens is 174 g/mol. The molecule has 72 valence electrons. The number of hydrogen-bond donors (Lipinski definition) is 0. The summed E-state index contributed by atoms with van der Waals surface area (Å²) in [6.45, 7) is 4.62. The molecule has 0 bridgehead atoms. The van der Waals surface area contributed by atoms with Gasteiger partial charge in [0, 0.05) is 5.69 Å². The highest BCUT2D eigenvalue weighted by atomic mass is 15.2. The number of rotatable bonds is 0. The molecule has 2 heterocycles. The molecule has 0 N–H and O–H groups in total. The van der Waals surface area contributed by atoms with Gasteiger partial charge >= 0.3 is 0 Å². The third-order valence-electron chi connectivity index (χ3n) is 2.98. The van der Waals surface area contributed by atoms with E-state index in [0.717, 1.165) is 18.5 Å². The molecule has 0 unspecified atom stereocenters. The maximum Gasteiger partial charge on any atom is 0.160 e. The topological polar surface area (TPSA) is 30.2 Å². The Morgan fingerprint density at radius 3 is 3.00 bits per heavy atom. The smallest absolute Gasteiger partial charge is 0.160 e. The van der Waals surface area contributed by atoms with Crippen molar-refractivity contribution in [3.05, 3.63) is 29.7 Å². The van der Waals surface area contributed by atoms with Crippen molar-refractivity contribution in [3.63, 3.8) is 0 Å². The molecule has 0 fully saturated rings. The van der Waals surface area contributed by atoms with Gasteiger partial charge in [-0.2, -0.15) is 0 Å². The zero-order valence-electron chi connectivity index (χ0n) is 8.49. The number of hydrogen-bond acceptors (Lipinski definition) is 2. The monoisotopic (exact) mass is 187 g/mol. The second-order valence-corrected chi connectivity index (χ2v) is 4.88. The lowest BCUT2D eigenvalue weighted by Gasteiger charge is -2.14. The molecule has 3 rings (SSSR count). The van der Waals surface area contributed by atoms with E-state index < -0.39 is 0 Å². The lowest BCUT2D eigenvalue weighted by atomic mass is 9.91. The molecule has 1 aliphatic rings. The van der Waals surface area contributed by atoms with E-state index in [4.69, 9.17) is 0 Å². The molecule has 0 amide bonds. The summed E-state index contributed by atoms with van der Waals surface area (Å²) in [6.07, 6.45) is 4.10. The van der Waals surface area contributed by atoms with E-state index >= 15 is 0 Å². The summed E-state index contributed by atoms with van der Waals surface area (Å²) in [5.41, 5.74) is 4.18. The minimum atomic E-state index is 0.390. The second kappa shape index (κ2) is 2.35. The van der Waals surface area contributed by atoms with E-state index in [1.165, 1.54) is 11.3 Å². The first-order chi connectivity index (χ1) is 6.66. The number of nitrogens with zero attached hydrogens (tertiary/aromatic N) is 3. The van der Waals surface area contributed by atoms with Crippen LogP contribution in [0.2, 0.25) is 0 Å². The highest BCUT2D eigenvalue weighted by molar-refractivity contribution is 5.44. The number of fused-ring (bicyclic) bond motifs is 3. The van der Waals surface area contributed by atoms with Crippen molar-refractivity contribution >= 4 is 5.65 Å². The van der Waals surface area contributed by atoms with E-state index in [1.807, 2.05) is 12.4 Å². The SMILES string of the molecule is CC1(C)Cc2ccc3nncn3c2C1. The van der Waals surface area contributed by atoms with Gasteiger partial charge in [-0.15, -0.1) is 10.2 Å². The van der Waals surface area contributed by atoms with E-state index in [0.29, 0.717) is 5.41 Å². The van der Waals surface area contributed by atoms with Gasteiger partial charge in [0.25, 0.3) is 0 Å². The maximum absolute atomic E-state index is 4.06. The molecule has 0 aromatic carbocycles. The fourth-order valence-electron chi connectivity index (χ4n) is 2.38. The third-order valence-corrected chi connectivity index (χ3v) is 2.98. The number of aromatic nitrogens is 3. The highest BCUT2D eigenvalue weighted by Gasteiger charge is 2.29. The molecule has 3 heteroatoms. The summed E-state index contributed by atoms with van der Waals surface area (Å²) in [7, 11) is 0. The van der Waals surface area contributed by atoms with E-state index in [2.05, 4.69) is 34.5 Å². The fraction of sp³-hybridized carbons (Fsp3) is 0.455. The maximum atomic E-state index is 4.06. The molecule has 3 nitrogen and oxygen atoms in total. The molecular formula is C11H13N3. The van der Waals surface area contributed by atoms with Crippen molar-refractivity contribution in [2.24, 2.45) is 5.41 Å². The van der Waals surface area contributed by atoms with Crippen molar-refractivity contribution in [2.75, 3.05) is 0 Å². The minimum Gasteiger partial charge on any atom is -0.286 e. The Bertz CT molecular complexity index is 496. The zero-order chi connectivity index (χ0) is 9.76. The Kier molecular flexibility index (Phi) is 1.34. The van der Waals surface area contributed by atoms with Crippen molar-refractivity contribution in [2.45, 2.75) is 26.7 Å². The van der Waals surface area contributed by atoms with Crippen LogP contribution in [0.1, 0.15) is 25.1 Å². The summed E-state index contributed by atoms with van der Waals surface area (Å²) in [5.74, 6) is 0. The van der Waals surface area contributed by atoms with Gasteiger partial charge in [-0.3, -0.25) is 4.40 Å². The van der Waals surface area contributed by atoms with Gasteiger partial charge in [0.05, 0.1) is 0 Å². The molecule has 0 atom stereocenters. The predicted molar refractivity (Wildman–Crippen MR) is 54.2 cm³/mol. The Labute approximate surface area is 82.8 Å². The van der Waals surface area contributed by atoms with Crippen LogP contribution < -0.4 is 0 Å². The molecule has 0 saturated carbocycles. The standard InChI is InChI=1S/C11H13N3/c1-11(2)5-8-3-4-10-13-12-7-14(10)9(8)6-11/h3-4,7H,5-6H2,1-2H3. The van der Waals surface area contributed by atoms with Crippen molar-refractivity contribution < 1.29 is 0 Å². The van der Waals surface area contributed by atoms with Crippen LogP contribution in [0.4, 0.5) is 0 Å². The molecule has 0 saturated heterocycles.